The van der Waals surface area contributed by atoms with Crippen molar-refractivity contribution < 1.29 is 19.8 Å². The Labute approximate surface area is 180 Å². The van der Waals surface area contributed by atoms with Crippen LogP contribution in [0.3, 0.4) is 0 Å². The molecule has 0 saturated carbocycles. The summed E-state index contributed by atoms with van der Waals surface area (Å²) in [5.74, 6) is -1.91. The third-order valence-corrected chi connectivity index (χ3v) is 5.72. The number of phenolic OH excluding ortho intramolecular Hbond substituents is 1. The summed E-state index contributed by atoms with van der Waals surface area (Å²) >= 11 is 0. The molecule has 2 N–H and O–H groups in total. The maximum atomic E-state index is 13.2. The van der Waals surface area contributed by atoms with Crippen LogP contribution in [-0.4, -0.2) is 21.9 Å². The predicted molar refractivity (Wildman–Crippen MR) is 120 cm³/mol. The summed E-state index contributed by atoms with van der Waals surface area (Å²) in [6.45, 7) is 5.63. The monoisotopic (exact) mass is 413 g/mol. The summed E-state index contributed by atoms with van der Waals surface area (Å²) in [5, 5.41) is 21.7. The van der Waals surface area contributed by atoms with Crippen molar-refractivity contribution in [1.82, 2.24) is 0 Å². The van der Waals surface area contributed by atoms with Crippen molar-refractivity contribution in [1.29, 1.82) is 0 Å². The van der Waals surface area contributed by atoms with Crippen LogP contribution in [0.15, 0.2) is 72.3 Å². The number of carbonyl (C=O) groups excluding carboxylic acids is 2. The molecule has 1 fully saturated rings. The van der Waals surface area contributed by atoms with Crippen molar-refractivity contribution in [2.75, 3.05) is 4.90 Å². The smallest absolute Gasteiger partial charge is 0.300 e. The summed E-state index contributed by atoms with van der Waals surface area (Å²) in [6, 6.07) is 18.5. The average Bonchev–Trinajstić information content (AvgIpc) is 3.01. The number of hydrogen-bond donors (Lipinski definition) is 2. The van der Waals surface area contributed by atoms with Crippen LogP contribution in [0.4, 0.5) is 5.69 Å². The Hall–Kier alpha value is -3.86. The van der Waals surface area contributed by atoms with Crippen LogP contribution in [0.25, 0.3) is 5.76 Å². The third kappa shape index (κ3) is 3.38. The standard InChI is InChI=1S/C26H23NO4/c1-15-12-13-17(3)19(14-15)24(29)22-23(18-9-5-4-8-16(18)2)27(26(31)25(22)30)20-10-6-7-11-21(20)28/h4-14,23,28-29H,1-3H3/b24-22+. The molecular formula is C26H23NO4. The molecule has 0 radical (unpaired) electrons. The first kappa shape index (κ1) is 20.4. The maximum Gasteiger partial charge on any atom is 0.300 e. The van der Waals surface area contributed by atoms with Crippen molar-refractivity contribution in [3.05, 3.63) is 100 Å². The molecule has 0 aromatic heterocycles. The molecule has 0 bridgehead atoms. The van der Waals surface area contributed by atoms with Crippen molar-refractivity contribution in [2.45, 2.75) is 26.8 Å². The first-order valence-electron chi connectivity index (χ1n) is 10.0. The minimum Gasteiger partial charge on any atom is -0.507 e. The fourth-order valence-electron chi connectivity index (χ4n) is 4.07. The zero-order chi connectivity index (χ0) is 22.3. The van der Waals surface area contributed by atoms with Gasteiger partial charge in [-0.15, -0.1) is 0 Å². The summed E-state index contributed by atoms with van der Waals surface area (Å²) in [6.07, 6.45) is 0. The zero-order valence-electron chi connectivity index (χ0n) is 17.6. The van der Waals surface area contributed by atoms with Gasteiger partial charge in [-0.2, -0.15) is 0 Å². The number of amides is 1. The van der Waals surface area contributed by atoms with Crippen molar-refractivity contribution in [3.63, 3.8) is 0 Å². The second kappa shape index (κ2) is 7.76. The van der Waals surface area contributed by atoms with E-state index in [1.807, 2.05) is 57.2 Å². The topological polar surface area (TPSA) is 77.8 Å². The van der Waals surface area contributed by atoms with Crippen LogP contribution >= 0.6 is 0 Å². The van der Waals surface area contributed by atoms with Gasteiger partial charge >= 0.3 is 0 Å². The summed E-state index contributed by atoms with van der Waals surface area (Å²) in [7, 11) is 0. The van der Waals surface area contributed by atoms with E-state index in [2.05, 4.69) is 0 Å². The molecule has 1 aliphatic heterocycles. The zero-order valence-corrected chi connectivity index (χ0v) is 17.6. The highest BCUT2D eigenvalue weighted by Crippen LogP contribution is 2.45. The number of nitrogens with zero attached hydrogens (tertiary/aromatic N) is 1. The van der Waals surface area contributed by atoms with Gasteiger partial charge in [-0.25, -0.2) is 0 Å². The lowest BCUT2D eigenvalue weighted by Gasteiger charge is -2.27. The number of anilines is 1. The molecular weight excluding hydrogens is 390 g/mol. The molecule has 1 atom stereocenters. The van der Waals surface area contributed by atoms with Gasteiger partial charge in [0.2, 0.25) is 0 Å². The number of rotatable bonds is 3. The molecule has 3 aromatic carbocycles. The van der Waals surface area contributed by atoms with Crippen LogP contribution in [0, 0.1) is 20.8 Å². The van der Waals surface area contributed by atoms with E-state index in [9.17, 15) is 19.8 Å². The minimum absolute atomic E-state index is 0.0104. The molecule has 4 rings (SSSR count). The first-order chi connectivity index (χ1) is 14.8. The van der Waals surface area contributed by atoms with Gasteiger partial charge in [0.05, 0.1) is 17.3 Å². The van der Waals surface area contributed by atoms with Crippen LogP contribution in [0.1, 0.15) is 33.9 Å². The van der Waals surface area contributed by atoms with Gasteiger partial charge in [0.15, 0.2) is 0 Å². The quantitative estimate of drug-likeness (QED) is 0.362. The van der Waals surface area contributed by atoms with Crippen molar-refractivity contribution >= 4 is 23.1 Å². The number of aliphatic hydroxyl groups is 1. The highest BCUT2D eigenvalue weighted by molar-refractivity contribution is 6.52. The normalized spacial score (nSPS) is 17.9. The molecule has 0 aliphatic carbocycles. The van der Waals surface area contributed by atoms with Gasteiger partial charge in [-0.3, -0.25) is 14.5 Å². The lowest BCUT2D eigenvalue weighted by atomic mass is 9.91. The van der Waals surface area contributed by atoms with Gasteiger partial charge in [0.1, 0.15) is 11.5 Å². The van der Waals surface area contributed by atoms with E-state index in [0.717, 1.165) is 16.7 Å². The largest absolute Gasteiger partial charge is 0.507 e. The minimum atomic E-state index is -0.866. The molecule has 1 amide bonds. The van der Waals surface area contributed by atoms with Crippen molar-refractivity contribution in [2.24, 2.45) is 0 Å². The number of benzene rings is 3. The van der Waals surface area contributed by atoms with Gasteiger partial charge in [-0.05, 0) is 55.7 Å². The fourth-order valence-corrected chi connectivity index (χ4v) is 4.07. The SMILES string of the molecule is Cc1ccc(C)c(/C(O)=C2\C(=O)C(=O)N(c3ccccc3O)C2c2ccccc2C)c1. The molecule has 5 nitrogen and oxygen atoms in total. The number of ketones is 1. The summed E-state index contributed by atoms with van der Waals surface area (Å²) in [4.78, 5) is 27.7. The summed E-state index contributed by atoms with van der Waals surface area (Å²) < 4.78 is 0. The molecule has 1 saturated heterocycles. The molecule has 1 aliphatic rings. The van der Waals surface area contributed by atoms with Crippen LogP contribution in [0.5, 0.6) is 5.75 Å². The Morgan fingerprint density at radius 1 is 0.871 bits per heavy atom. The van der Waals surface area contributed by atoms with Crippen LogP contribution < -0.4 is 4.90 Å². The first-order valence-corrected chi connectivity index (χ1v) is 10.0. The second-order valence-electron chi connectivity index (χ2n) is 7.83. The number of hydrogen-bond acceptors (Lipinski definition) is 4. The van der Waals surface area contributed by atoms with Crippen LogP contribution in [-0.2, 0) is 9.59 Å². The molecule has 0 spiro atoms. The number of carbonyl (C=O) groups is 2. The number of para-hydroxylation sites is 2. The lowest BCUT2D eigenvalue weighted by molar-refractivity contribution is -0.132. The number of Topliss-reactive ketones (excluding diaryl/α,β-unsaturated/α-hetero) is 1. The molecule has 1 heterocycles. The van der Waals surface area contributed by atoms with E-state index in [0.29, 0.717) is 11.1 Å². The Bertz CT molecular complexity index is 1240. The van der Waals surface area contributed by atoms with E-state index in [4.69, 9.17) is 0 Å². The van der Waals surface area contributed by atoms with Gasteiger partial charge in [-0.1, -0.05) is 54.1 Å². The average molecular weight is 413 g/mol. The second-order valence-corrected chi connectivity index (χ2v) is 7.83. The lowest BCUT2D eigenvalue weighted by Crippen LogP contribution is -2.29. The van der Waals surface area contributed by atoms with E-state index in [1.54, 1.807) is 24.3 Å². The molecule has 3 aromatic rings. The van der Waals surface area contributed by atoms with Gasteiger partial charge in [0.25, 0.3) is 11.7 Å². The molecule has 156 valence electrons. The van der Waals surface area contributed by atoms with E-state index in [1.165, 1.54) is 11.0 Å². The Morgan fingerprint density at radius 2 is 1.55 bits per heavy atom. The van der Waals surface area contributed by atoms with Crippen LogP contribution in [0.2, 0.25) is 0 Å². The Kier molecular flexibility index (Phi) is 5.11. The molecule has 1 unspecified atom stereocenters. The fraction of sp³-hybridized carbons (Fsp3) is 0.154. The van der Waals surface area contributed by atoms with E-state index >= 15 is 0 Å². The predicted octanol–water partition coefficient (Wildman–Crippen LogP) is 4.94. The van der Waals surface area contributed by atoms with E-state index < -0.39 is 17.7 Å². The third-order valence-electron chi connectivity index (χ3n) is 5.72. The Morgan fingerprint density at radius 3 is 2.26 bits per heavy atom. The maximum absolute atomic E-state index is 13.2. The van der Waals surface area contributed by atoms with Gasteiger partial charge in [0, 0.05) is 5.56 Å². The highest BCUT2D eigenvalue weighted by Gasteiger charge is 2.48. The molecule has 5 heteroatoms. The number of aryl methyl sites for hydroxylation is 3. The molecule has 31 heavy (non-hydrogen) atoms. The summed E-state index contributed by atoms with van der Waals surface area (Å²) in [5.41, 5.74) is 4.02. The van der Waals surface area contributed by atoms with Crippen molar-refractivity contribution in [3.8, 4) is 5.75 Å². The van der Waals surface area contributed by atoms with E-state index in [-0.39, 0.29) is 22.8 Å². The highest BCUT2D eigenvalue weighted by atomic mass is 16.3. The number of aromatic hydroxyl groups is 1. The van der Waals surface area contributed by atoms with Gasteiger partial charge < -0.3 is 10.2 Å². The Balaban J connectivity index is 2.03. The number of aliphatic hydroxyl groups excluding tert-OH is 1. The number of phenols is 1.